The van der Waals surface area contributed by atoms with Crippen LogP contribution in [0.25, 0.3) is 0 Å². The SMILES string of the molecule is CC(C)COc1c(F)cc(F)c(O)c1F. The summed E-state index contributed by atoms with van der Waals surface area (Å²) < 4.78 is 43.6. The van der Waals surface area contributed by atoms with Crippen molar-refractivity contribution in [1.82, 2.24) is 0 Å². The largest absolute Gasteiger partial charge is 0.503 e. The third-order valence-corrected chi connectivity index (χ3v) is 1.66. The molecule has 0 heterocycles. The third-order valence-electron chi connectivity index (χ3n) is 1.66. The van der Waals surface area contributed by atoms with Gasteiger partial charge in [0.25, 0.3) is 0 Å². The van der Waals surface area contributed by atoms with Crippen LogP contribution in [0.5, 0.6) is 11.5 Å². The molecule has 0 radical (unpaired) electrons. The van der Waals surface area contributed by atoms with Crippen molar-refractivity contribution in [3.8, 4) is 11.5 Å². The van der Waals surface area contributed by atoms with Gasteiger partial charge >= 0.3 is 0 Å². The van der Waals surface area contributed by atoms with Gasteiger partial charge in [0.2, 0.25) is 5.82 Å². The predicted octanol–water partition coefficient (Wildman–Crippen LogP) is 2.84. The fourth-order valence-corrected chi connectivity index (χ4v) is 0.945. The summed E-state index contributed by atoms with van der Waals surface area (Å²) in [4.78, 5) is 0. The Morgan fingerprint density at radius 2 is 1.87 bits per heavy atom. The average molecular weight is 220 g/mol. The topological polar surface area (TPSA) is 29.5 Å². The lowest BCUT2D eigenvalue weighted by atomic mass is 10.2. The molecule has 0 aliphatic rings. The van der Waals surface area contributed by atoms with Crippen LogP contribution in [0.15, 0.2) is 6.07 Å². The number of halogens is 3. The zero-order chi connectivity index (χ0) is 11.6. The molecule has 2 nitrogen and oxygen atoms in total. The van der Waals surface area contributed by atoms with Gasteiger partial charge in [-0.1, -0.05) is 13.8 Å². The average Bonchev–Trinajstić information content (AvgIpc) is 2.14. The standard InChI is InChI=1S/C10H11F3O2/c1-5(2)4-15-10-7(12)3-6(11)9(14)8(10)13/h3,5,14H,4H2,1-2H3. The predicted molar refractivity (Wildman–Crippen MR) is 48.3 cm³/mol. The molecule has 0 amide bonds. The summed E-state index contributed by atoms with van der Waals surface area (Å²) in [6.45, 7) is 3.66. The van der Waals surface area contributed by atoms with E-state index in [0.29, 0.717) is 6.07 Å². The molecular weight excluding hydrogens is 209 g/mol. The van der Waals surface area contributed by atoms with Crippen molar-refractivity contribution < 1.29 is 23.0 Å². The molecule has 0 aromatic heterocycles. The van der Waals surface area contributed by atoms with Crippen molar-refractivity contribution in [3.63, 3.8) is 0 Å². The van der Waals surface area contributed by atoms with Gasteiger partial charge in [-0.15, -0.1) is 0 Å². The first-order chi connectivity index (χ1) is 6.93. The lowest BCUT2D eigenvalue weighted by molar-refractivity contribution is 0.240. The van der Waals surface area contributed by atoms with Crippen LogP contribution in [0.1, 0.15) is 13.8 Å². The molecule has 1 aromatic carbocycles. The number of rotatable bonds is 3. The van der Waals surface area contributed by atoms with Crippen molar-refractivity contribution in [2.75, 3.05) is 6.61 Å². The summed E-state index contributed by atoms with van der Waals surface area (Å²) >= 11 is 0. The Morgan fingerprint density at radius 1 is 1.27 bits per heavy atom. The molecule has 84 valence electrons. The Bertz CT molecular complexity index is 364. The number of phenolic OH excluding ortho intramolecular Hbond substituents is 1. The quantitative estimate of drug-likeness (QED) is 0.848. The summed E-state index contributed by atoms with van der Waals surface area (Å²) in [7, 11) is 0. The molecule has 15 heavy (non-hydrogen) atoms. The molecule has 1 aromatic rings. The van der Waals surface area contributed by atoms with Crippen molar-refractivity contribution in [2.24, 2.45) is 5.92 Å². The van der Waals surface area contributed by atoms with Crippen molar-refractivity contribution in [3.05, 3.63) is 23.5 Å². The van der Waals surface area contributed by atoms with E-state index >= 15 is 0 Å². The Balaban J connectivity index is 3.02. The van der Waals surface area contributed by atoms with Crippen LogP contribution in [0.4, 0.5) is 13.2 Å². The number of hydrogen-bond donors (Lipinski definition) is 1. The number of hydrogen-bond acceptors (Lipinski definition) is 2. The highest BCUT2D eigenvalue weighted by atomic mass is 19.1. The number of phenols is 1. The van der Waals surface area contributed by atoms with Gasteiger partial charge in [0.15, 0.2) is 23.1 Å². The molecule has 0 saturated carbocycles. The van der Waals surface area contributed by atoms with Gasteiger partial charge < -0.3 is 9.84 Å². The first-order valence-corrected chi connectivity index (χ1v) is 4.42. The minimum atomic E-state index is -1.41. The zero-order valence-electron chi connectivity index (χ0n) is 8.35. The molecule has 0 aliphatic heterocycles. The number of ether oxygens (including phenoxy) is 1. The van der Waals surface area contributed by atoms with Crippen molar-refractivity contribution in [2.45, 2.75) is 13.8 Å². The lowest BCUT2D eigenvalue weighted by Crippen LogP contribution is -2.07. The molecule has 1 N–H and O–H groups in total. The third kappa shape index (κ3) is 2.55. The molecule has 0 saturated heterocycles. The summed E-state index contributed by atoms with van der Waals surface area (Å²) in [6.07, 6.45) is 0. The van der Waals surface area contributed by atoms with Crippen molar-refractivity contribution >= 4 is 0 Å². The zero-order valence-corrected chi connectivity index (χ0v) is 8.35. The van der Waals surface area contributed by atoms with E-state index < -0.39 is 29.0 Å². The monoisotopic (exact) mass is 220 g/mol. The second-order valence-corrected chi connectivity index (χ2v) is 3.54. The molecule has 5 heteroatoms. The Morgan fingerprint density at radius 3 is 2.40 bits per heavy atom. The maximum absolute atomic E-state index is 13.1. The summed E-state index contributed by atoms with van der Waals surface area (Å²) in [6, 6.07) is 0.383. The molecule has 0 aliphatic carbocycles. The highest BCUT2D eigenvalue weighted by Gasteiger charge is 2.19. The highest BCUT2D eigenvalue weighted by molar-refractivity contribution is 5.37. The van der Waals surface area contributed by atoms with E-state index in [2.05, 4.69) is 0 Å². The highest BCUT2D eigenvalue weighted by Crippen LogP contribution is 2.31. The van der Waals surface area contributed by atoms with Gasteiger partial charge in [0.1, 0.15) is 0 Å². The maximum Gasteiger partial charge on any atom is 0.212 e. The van der Waals surface area contributed by atoms with Crippen LogP contribution in [-0.2, 0) is 0 Å². The van der Waals surface area contributed by atoms with Crippen LogP contribution in [-0.4, -0.2) is 11.7 Å². The van der Waals surface area contributed by atoms with E-state index in [4.69, 9.17) is 9.84 Å². The van der Waals surface area contributed by atoms with Gasteiger partial charge in [-0.25, -0.2) is 8.78 Å². The van der Waals surface area contributed by atoms with Gasteiger partial charge in [-0.3, -0.25) is 0 Å². The van der Waals surface area contributed by atoms with Gasteiger partial charge in [0.05, 0.1) is 6.61 Å². The fraction of sp³-hybridized carbons (Fsp3) is 0.400. The summed E-state index contributed by atoms with van der Waals surface area (Å²) in [5, 5.41) is 8.88. The number of aromatic hydroxyl groups is 1. The van der Waals surface area contributed by atoms with E-state index in [1.165, 1.54) is 0 Å². The van der Waals surface area contributed by atoms with E-state index in [-0.39, 0.29) is 12.5 Å². The van der Waals surface area contributed by atoms with E-state index in [9.17, 15) is 13.2 Å². The first-order valence-electron chi connectivity index (χ1n) is 4.42. The molecule has 0 fully saturated rings. The molecule has 0 unspecified atom stereocenters. The molecule has 0 spiro atoms. The van der Waals surface area contributed by atoms with Crippen LogP contribution in [0, 0.1) is 23.4 Å². The van der Waals surface area contributed by atoms with Gasteiger partial charge in [0, 0.05) is 6.07 Å². The van der Waals surface area contributed by atoms with Crippen LogP contribution in [0.2, 0.25) is 0 Å². The van der Waals surface area contributed by atoms with Gasteiger partial charge in [-0.05, 0) is 5.92 Å². The molecule has 1 rings (SSSR count). The van der Waals surface area contributed by atoms with Crippen LogP contribution < -0.4 is 4.74 Å². The molecular formula is C10H11F3O2. The normalized spacial score (nSPS) is 10.8. The summed E-state index contributed by atoms with van der Waals surface area (Å²) in [5.41, 5.74) is 0. The van der Waals surface area contributed by atoms with Crippen LogP contribution in [0.3, 0.4) is 0 Å². The first kappa shape index (κ1) is 11.7. The van der Waals surface area contributed by atoms with Crippen LogP contribution >= 0.6 is 0 Å². The van der Waals surface area contributed by atoms with Gasteiger partial charge in [-0.2, -0.15) is 4.39 Å². The fourth-order valence-electron chi connectivity index (χ4n) is 0.945. The smallest absolute Gasteiger partial charge is 0.212 e. The second-order valence-electron chi connectivity index (χ2n) is 3.54. The molecule has 0 bridgehead atoms. The Kier molecular flexibility index (Phi) is 3.44. The summed E-state index contributed by atoms with van der Waals surface area (Å²) in [5.74, 6) is -5.83. The lowest BCUT2D eigenvalue weighted by Gasteiger charge is -2.11. The minimum absolute atomic E-state index is 0.0657. The maximum atomic E-state index is 13.1. The van der Waals surface area contributed by atoms with E-state index in [1.54, 1.807) is 13.8 Å². The molecule has 0 atom stereocenters. The Hall–Kier alpha value is -1.39. The Labute approximate surface area is 85.3 Å². The van der Waals surface area contributed by atoms with E-state index in [1.807, 2.05) is 0 Å². The van der Waals surface area contributed by atoms with E-state index in [0.717, 1.165) is 0 Å². The van der Waals surface area contributed by atoms with Crippen molar-refractivity contribution in [1.29, 1.82) is 0 Å². The minimum Gasteiger partial charge on any atom is -0.503 e. The second kappa shape index (κ2) is 4.42. The number of benzene rings is 1.